The summed E-state index contributed by atoms with van der Waals surface area (Å²) in [5.41, 5.74) is 2.63. The molecule has 3 unspecified atom stereocenters. The van der Waals surface area contributed by atoms with Gasteiger partial charge in [0.25, 0.3) is 5.91 Å². The number of nitrogens with zero attached hydrogens (tertiary/aromatic N) is 1. The summed E-state index contributed by atoms with van der Waals surface area (Å²) in [4.78, 5) is 28.8. The van der Waals surface area contributed by atoms with Crippen molar-refractivity contribution >= 4 is 46.3 Å². The molecule has 0 spiro atoms. The number of hydrogen-bond donors (Lipinski definition) is 0. The topological polar surface area (TPSA) is 78.2 Å². The first-order valence-corrected chi connectivity index (χ1v) is 16.4. The fourth-order valence-corrected chi connectivity index (χ4v) is 8.05. The van der Waals surface area contributed by atoms with Crippen molar-refractivity contribution in [1.82, 2.24) is 4.90 Å². The Hall–Kier alpha value is -3.56. The molecule has 0 N–H and O–H groups in total. The zero-order valence-electron chi connectivity index (χ0n) is 25.2. The first kappa shape index (κ1) is 30.5. The highest BCUT2D eigenvalue weighted by molar-refractivity contribution is 8.26. The van der Waals surface area contributed by atoms with Crippen molar-refractivity contribution in [2.75, 3.05) is 20.8 Å². The first-order valence-electron chi connectivity index (χ1n) is 15.2. The Morgan fingerprint density at radius 1 is 1.09 bits per heavy atom. The standard InChI is InChI=1S/C35H37NO6S2/c1-21(23-8-5-4-6-9-23)34(38)41-13-7-10-25-18-30(26-16-27(39-2)19-28(17-26)40-3)42-31(25)20-32-33(37)36(35(43)44-32)29-15-22-11-12-24(29)14-22/h4-6,8-9,16-22,24,29H,7,10-15H2,1-3H3/b32-20-/t21-,22?,24?,29?/m0/s1. The van der Waals surface area contributed by atoms with E-state index in [1.165, 1.54) is 31.0 Å². The number of methoxy groups -OCH3 is 2. The fraction of sp³-hybridized carbons (Fsp3) is 0.400. The number of aryl methyl sites for hydroxylation is 1. The van der Waals surface area contributed by atoms with Crippen LogP contribution in [0, 0.1) is 11.8 Å². The average molecular weight is 632 g/mol. The summed E-state index contributed by atoms with van der Waals surface area (Å²) in [7, 11) is 3.21. The second-order valence-corrected chi connectivity index (χ2v) is 13.5. The molecule has 2 aliphatic carbocycles. The second-order valence-electron chi connectivity index (χ2n) is 11.8. The Morgan fingerprint density at radius 2 is 1.84 bits per heavy atom. The molecule has 9 heteroatoms. The summed E-state index contributed by atoms with van der Waals surface area (Å²) >= 11 is 7.07. The number of furan rings is 1. The lowest BCUT2D eigenvalue weighted by Gasteiger charge is -2.30. The minimum absolute atomic E-state index is 0.0340. The van der Waals surface area contributed by atoms with E-state index in [0.29, 0.717) is 56.9 Å². The largest absolute Gasteiger partial charge is 0.497 e. The van der Waals surface area contributed by atoms with Crippen LogP contribution < -0.4 is 9.47 Å². The molecule has 44 heavy (non-hydrogen) atoms. The fourth-order valence-electron chi connectivity index (χ4n) is 6.70. The number of hydrogen-bond acceptors (Lipinski definition) is 8. The number of thiocarbonyl (C=S) groups is 1. The maximum absolute atomic E-state index is 13.7. The van der Waals surface area contributed by atoms with Gasteiger partial charge in [0.2, 0.25) is 0 Å². The van der Waals surface area contributed by atoms with Crippen LogP contribution in [-0.2, 0) is 20.7 Å². The molecule has 1 aliphatic heterocycles. The number of esters is 1. The molecule has 1 amide bonds. The molecule has 2 bridgehead atoms. The highest BCUT2D eigenvalue weighted by Crippen LogP contribution is 2.49. The molecule has 1 saturated heterocycles. The molecule has 3 aliphatic rings. The van der Waals surface area contributed by atoms with Gasteiger partial charge in [0.05, 0.1) is 31.6 Å². The van der Waals surface area contributed by atoms with Crippen molar-refractivity contribution < 1.29 is 28.2 Å². The number of carbonyl (C=O) groups excluding carboxylic acids is 2. The van der Waals surface area contributed by atoms with Gasteiger partial charge in [-0.2, -0.15) is 0 Å². The van der Waals surface area contributed by atoms with E-state index in [1.807, 2.05) is 66.4 Å². The third-order valence-electron chi connectivity index (χ3n) is 9.08. The van der Waals surface area contributed by atoms with Gasteiger partial charge in [0.1, 0.15) is 27.3 Å². The van der Waals surface area contributed by atoms with Crippen LogP contribution in [0.3, 0.4) is 0 Å². The van der Waals surface area contributed by atoms with Gasteiger partial charge in [-0.1, -0.05) is 60.7 Å². The maximum atomic E-state index is 13.7. The van der Waals surface area contributed by atoms with Gasteiger partial charge in [-0.15, -0.1) is 0 Å². The van der Waals surface area contributed by atoms with Gasteiger partial charge in [-0.3, -0.25) is 14.5 Å². The van der Waals surface area contributed by atoms with Gasteiger partial charge in [0.15, 0.2) is 0 Å². The van der Waals surface area contributed by atoms with Crippen LogP contribution in [0.2, 0.25) is 0 Å². The van der Waals surface area contributed by atoms with Crippen molar-refractivity contribution in [2.24, 2.45) is 11.8 Å². The molecule has 230 valence electrons. The number of rotatable bonds is 11. The number of ether oxygens (including phenoxy) is 3. The van der Waals surface area contributed by atoms with Crippen LogP contribution in [0.15, 0.2) is 63.9 Å². The highest BCUT2D eigenvalue weighted by Gasteiger charge is 2.48. The minimum atomic E-state index is -0.340. The first-order chi connectivity index (χ1) is 21.3. The van der Waals surface area contributed by atoms with E-state index < -0.39 is 0 Å². The molecule has 3 fully saturated rings. The molecule has 3 aromatic rings. The van der Waals surface area contributed by atoms with Gasteiger partial charge in [0, 0.05) is 23.7 Å². The number of fused-ring (bicyclic) bond motifs is 2. The Bertz CT molecular complexity index is 1560. The second kappa shape index (κ2) is 13.2. The van der Waals surface area contributed by atoms with Gasteiger partial charge in [-0.05, 0) is 80.2 Å². The summed E-state index contributed by atoms with van der Waals surface area (Å²) in [5.74, 6) is 3.14. The zero-order valence-corrected chi connectivity index (χ0v) is 26.9. The van der Waals surface area contributed by atoms with Crippen LogP contribution in [0.25, 0.3) is 17.4 Å². The molecular weight excluding hydrogens is 595 g/mol. The number of carbonyl (C=O) groups is 2. The summed E-state index contributed by atoms with van der Waals surface area (Å²) in [5, 5.41) is 0. The van der Waals surface area contributed by atoms with Gasteiger partial charge < -0.3 is 18.6 Å². The van der Waals surface area contributed by atoms with E-state index in [9.17, 15) is 9.59 Å². The Kier molecular flexibility index (Phi) is 9.14. The van der Waals surface area contributed by atoms with Crippen molar-refractivity contribution in [3.8, 4) is 22.8 Å². The lowest BCUT2D eigenvalue weighted by atomic mass is 9.94. The molecular formula is C35H37NO6S2. The van der Waals surface area contributed by atoms with Crippen molar-refractivity contribution in [2.45, 2.75) is 57.4 Å². The van der Waals surface area contributed by atoms with Crippen LogP contribution in [0.1, 0.15) is 61.8 Å². The third-order valence-corrected chi connectivity index (χ3v) is 10.4. The maximum Gasteiger partial charge on any atom is 0.313 e. The van der Waals surface area contributed by atoms with Crippen molar-refractivity contribution in [3.05, 3.63) is 76.4 Å². The molecule has 4 atom stereocenters. The van der Waals surface area contributed by atoms with Crippen molar-refractivity contribution in [1.29, 1.82) is 0 Å². The summed E-state index contributed by atoms with van der Waals surface area (Å²) in [6.45, 7) is 2.13. The smallest absolute Gasteiger partial charge is 0.313 e. The number of thioether (sulfide) groups is 1. The average Bonchev–Trinajstić information content (AvgIpc) is 3.83. The van der Waals surface area contributed by atoms with E-state index in [0.717, 1.165) is 23.1 Å². The summed E-state index contributed by atoms with van der Waals surface area (Å²) in [6, 6.07) is 17.4. The summed E-state index contributed by atoms with van der Waals surface area (Å²) < 4.78 is 23.6. The quantitative estimate of drug-likeness (QED) is 0.0925. The lowest BCUT2D eigenvalue weighted by Crippen LogP contribution is -2.41. The van der Waals surface area contributed by atoms with Gasteiger partial charge >= 0.3 is 5.97 Å². The number of amides is 1. The van der Waals surface area contributed by atoms with E-state index in [2.05, 4.69) is 0 Å². The molecule has 6 rings (SSSR count). The molecule has 0 radical (unpaired) electrons. The molecule has 1 aromatic heterocycles. The highest BCUT2D eigenvalue weighted by atomic mass is 32.2. The Labute approximate surface area is 267 Å². The molecule has 2 aromatic carbocycles. The van der Waals surface area contributed by atoms with Crippen LogP contribution in [0.4, 0.5) is 0 Å². The molecule has 2 saturated carbocycles. The van der Waals surface area contributed by atoms with Crippen LogP contribution in [0.5, 0.6) is 11.5 Å². The van der Waals surface area contributed by atoms with Gasteiger partial charge in [-0.25, -0.2) is 0 Å². The Morgan fingerprint density at radius 3 is 2.50 bits per heavy atom. The van der Waals surface area contributed by atoms with E-state index >= 15 is 0 Å². The number of benzene rings is 2. The lowest BCUT2D eigenvalue weighted by molar-refractivity contribution is -0.145. The monoisotopic (exact) mass is 631 g/mol. The zero-order chi connectivity index (χ0) is 30.8. The van der Waals surface area contributed by atoms with Crippen LogP contribution in [-0.4, -0.2) is 48.0 Å². The van der Waals surface area contributed by atoms with E-state index in [1.54, 1.807) is 20.3 Å². The SMILES string of the molecule is COc1cc(OC)cc(-c2cc(CCCOC(=O)[C@@H](C)c3ccccc3)c(/C=C3\SC(=S)N(C4CC5CCC4C5)C3=O)o2)c1. The van der Waals surface area contributed by atoms with Crippen LogP contribution >= 0.6 is 24.0 Å². The predicted octanol–water partition coefficient (Wildman–Crippen LogP) is 7.63. The molecule has 7 nitrogen and oxygen atoms in total. The van der Waals surface area contributed by atoms with E-state index in [-0.39, 0.29) is 30.4 Å². The van der Waals surface area contributed by atoms with E-state index in [4.69, 9.17) is 30.8 Å². The molecule has 2 heterocycles. The normalized spacial score (nSPS) is 22.6. The third kappa shape index (κ3) is 6.31. The predicted molar refractivity (Wildman–Crippen MR) is 176 cm³/mol. The van der Waals surface area contributed by atoms with Crippen molar-refractivity contribution in [3.63, 3.8) is 0 Å². The minimum Gasteiger partial charge on any atom is -0.497 e. The summed E-state index contributed by atoms with van der Waals surface area (Å²) in [6.07, 6.45) is 7.70. The Balaban J connectivity index is 1.22.